The van der Waals surface area contributed by atoms with Crippen LogP contribution in [0, 0.1) is 6.92 Å². The highest BCUT2D eigenvalue weighted by molar-refractivity contribution is 5.39. The van der Waals surface area contributed by atoms with Crippen molar-refractivity contribution in [2.75, 3.05) is 7.11 Å². The molecule has 0 heterocycles. The zero-order valence-electron chi connectivity index (χ0n) is 12.0. The molecule has 0 saturated carbocycles. The lowest BCUT2D eigenvalue weighted by Gasteiger charge is -2.26. The average Bonchev–Trinajstić information content (AvgIpc) is 2.34. The van der Waals surface area contributed by atoms with Gasteiger partial charge in [0.2, 0.25) is 0 Å². The summed E-state index contributed by atoms with van der Waals surface area (Å²) >= 11 is 0. The number of methoxy groups -OCH3 is 1. The normalized spacial score (nSPS) is 14.6. The summed E-state index contributed by atoms with van der Waals surface area (Å²) in [6, 6.07) is 6.29. The molecule has 0 aliphatic rings. The molecule has 0 saturated heterocycles. The Morgan fingerprint density at radius 2 is 2.00 bits per heavy atom. The van der Waals surface area contributed by atoms with Gasteiger partial charge in [0.1, 0.15) is 5.75 Å². The highest BCUT2D eigenvalue weighted by atomic mass is 16.5. The van der Waals surface area contributed by atoms with Crippen LogP contribution >= 0.6 is 0 Å². The van der Waals surface area contributed by atoms with Gasteiger partial charge in [0, 0.05) is 17.6 Å². The summed E-state index contributed by atoms with van der Waals surface area (Å²) in [6.07, 6.45) is 0.323. The zero-order valence-corrected chi connectivity index (χ0v) is 12.0. The van der Waals surface area contributed by atoms with E-state index in [9.17, 15) is 5.11 Å². The molecule has 2 unspecified atom stereocenters. The van der Waals surface area contributed by atoms with Gasteiger partial charge in [-0.1, -0.05) is 32.4 Å². The molecule has 0 aromatic heterocycles. The highest BCUT2D eigenvalue weighted by Crippen LogP contribution is 2.29. The molecular formula is C15H25NO2. The lowest BCUT2D eigenvalue weighted by Crippen LogP contribution is -2.39. The van der Waals surface area contributed by atoms with Crippen LogP contribution in [0.5, 0.6) is 5.75 Å². The van der Waals surface area contributed by atoms with Crippen molar-refractivity contribution in [3.05, 3.63) is 29.3 Å². The Kier molecular flexibility index (Phi) is 5.63. The molecule has 3 heteroatoms. The van der Waals surface area contributed by atoms with Crippen molar-refractivity contribution in [2.24, 2.45) is 0 Å². The fourth-order valence-electron chi connectivity index (χ4n) is 2.16. The van der Waals surface area contributed by atoms with Gasteiger partial charge in [-0.2, -0.15) is 0 Å². The van der Waals surface area contributed by atoms with Crippen molar-refractivity contribution in [3.8, 4) is 5.75 Å². The Bertz CT molecular complexity index is 377. The van der Waals surface area contributed by atoms with Gasteiger partial charge in [0.25, 0.3) is 0 Å². The van der Waals surface area contributed by atoms with E-state index >= 15 is 0 Å². The third-order valence-electron chi connectivity index (χ3n) is 3.07. The number of nitrogens with one attached hydrogen (secondary N) is 1. The highest BCUT2D eigenvalue weighted by Gasteiger charge is 2.22. The Morgan fingerprint density at radius 3 is 2.50 bits per heavy atom. The van der Waals surface area contributed by atoms with E-state index in [1.54, 1.807) is 7.11 Å². The minimum atomic E-state index is -0.549. The predicted molar refractivity (Wildman–Crippen MR) is 75.0 cm³/mol. The van der Waals surface area contributed by atoms with Crippen LogP contribution in [0.25, 0.3) is 0 Å². The molecule has 1 aromatic carbocycles. The van der Waals surface area contributed by atoms with Gasteiger partial charge in [0.05, 0.1) is 13.2 Å². The molecule has 18 heavy (non-hydrogen) atoms. The average molecular weight is 251 g/mol. The lowest BCUT2D eigenvalue weighted by molar-refractivity contribution is 0.118. The van der Waals surface area contributed by atoms with E-state index in [1.807, 2.05) is 25.1 Å². The van der Waals surface area contributed by atoms with E-state index < -0.39 is 6.10 Å². The molecule has 0 aliphatic carbocycles. The van der Waals surface area contributed by atoms with Crippen molar-refractivity contribution in [1.29, 1.82) is 0 Å². The predicted octanol–water partition coefficient (Wildman–Crippen LogP) is 2.81. The van der Waals surface area contributed by atoms with Gasteiger partial charge in [0.15, 0.2) is 0 Å². The molecular weight excluding hydrogens is 226 g/mol. The van der Waals surface area contributed by atoms with E-state index in [2.05, 4.69) is 26.1 Å². The fourth-order valence-corrected chi connectivity index (χ4v) is 2.16. The van der Waals surface area contributed by atoms with Crippen LogP contribution in [0.1, 0.15) is 44.4 Å². The third kappa shape index (κ3) is 3.72. The molecule has 0 radical (unpaired) electrons. The second kappa shape index (κ2) is 6.76. The van der Waals surface area contributed by atoms with Crippen LogP contribution in [-0.2, 0) is 0 Å². The number of hydrogen-bond acceptors (Lipinski definition) is 3. The lowest BCUT2D eigenvalue weighted by atomic mass is 9.97. The maximum Gasteiger partial charge on any atom is 0.124 e. The molecule has 0 bridgehead atoms. The topological polar surface area (TPSA) is 41.5 Å². The van der Waals surface area contributed by atoms with Crippen LogP contribution in [0.4, 0.5) is 0 Å². The van der Waals surface area contributed by atoms with Crippen LogP contribution in [0.2, 0.25) is 0 Å². The first-order valence-electron chi connectivity index (χ1n) is 6.58. The van der Waals surface area contributed by atoms with Gasteiger partial charge in [-0.25, -0.2) is 0 Å². The molecule has 0 aliphatic heterocycles. The van der Waals surface area contributed by atoms with Crippen molar-refractivity contribution in [1.82, 2.24) is 5.32 Å². The maximum atomic E-state index is 10.5. The fraction of sp³-hybridized carbons (Fsp3) is 0.600. The van der Waals surface area contributed by atoms with Crippen molar-refractivity contribution in [3.63, 3.8) is 0 Å². The second-order valence-electron chi connectivity index (χ2n) is 5.03. The number of hydrogen-bond donors (Lipinski definition) is 2. The largest absolute Gasteiger partial charge is 0.496 e. The third-order valence-corrected chi connectivity index (χ3v) is 3.07. The van der Waals surface area contributed by atoms with Crippen molar-refractivity contribution < 1.29 is 9.84 Å². The molecule has 3 nitrogen and oxygen atoms in total. The zero-order chi connectivity index (χ0) is 13.7. The Hall–Kier alpha value is -1.06. The first kappa shape index (κ1) is 15.0. The minimum Gasteiger partial charge on any atom is -0.496 e. The van der Waals surface area contributed by atoms with Gasteiger partial charge in [-0.3, -0.25) is 0 Å². The summed E-state index contributed by atoms with van der Waals surface area (Å²) in [7, 11) is 1.64. The van der Waals surface area contributed by atoms with Crippen molar-refractivity contribution >= 4 is 0 Å². The second-order valence-corrected chi connectivity index (χ2v) is 5.03. The standard InChI is InChI=1S/C15H25NO2/c1-6-13(16-10(2)3)15(17)12-9-11(4)7-8-14(12)18-5/h7-10,13,15-17H,6H2,1-5H3. The first-order valence-corrected chi connectivity index (χ1v) is 6.58. The molecule has 2 atom stereocenters. The molecule has 0 amide bonds. The van der Waals surface area contributed by atoms with E-state index in [4.69, 9.17) is 4.74 Å². The van der Waals surface area contributed by atoms with Gasteiger partial charge in [-0.15, -0.1) is 0 Å². The van der Waals surface area contributed by atoms with E-state index in [0.717, 1.165) is 23.3 Å². The van der Waals surface area contributed by atoms with Gasteiger partial charge < -0.3 is 15.2 Å². The van der Waals surface area contributed by atoms with Gasteiger partial charge in [-0.05, 0) is 25.5 Å². The van der Waals surface area contributed by atoms with E-state index in [0.29, 0.717) is 6.04 Å². The smallest absolute Gasteiger partial charge is 0.124 e. The number of aliphatic hydroxyl groups excluding tert-OH is 1. The molecule has 102 valence electrons. The number of benzene rings is 1. The Morgan fingerprint density at radius 1 is 1.33 bits per heavy atom. The maximum absolute atomic E-state index is 10.5. The van der Waals surface area contributed by atoms with Gasteiger partial charge >= 0.3 is 0 Å². The monoisotopic (exact) mass is 251 g/mol. The number of ether oxygens (including phenoxy) is 1. The van der Waals surface area contributed by atoms with E-state index in [1.165, 1.54) is 0 Å². The number of rotatable bonds is 6. The van der Waals surface area contributed by atoms with Crippen LogP contribution in [-0.4, -0.2) is 24.3 Å². The first-order chi connectivity index (χ1) is 8.49. The SMILES string of the molecule is CCC(NC(C)C)C(O)c1cc(C)ccc1OC. The molecule has 0 fully saturated rings. The molecule has 1 aromatic rings. The summed E-state index contributed by atoms with van der Waals surface area (Å²) < 4.78 is 5.33. The molecule has 0 spiro atoms. The van der Waals surface area contributed by atoms with Crippen molar-refractivity contribution in [2.45, 2.75) is 52.3 Å². The minimum absolute atomic E-state index is 0.0423. The quantitative estimate of drug-likeness (QED) is 0.817. The van der Waals surface area contributed by atoms with Crippen LogP contribution in [0.15, 0.2) is 18.2 Å². The number of aryl methyl sites for hydroxylation is 1. The summed E-state index contributed by atoms with van der Waals surface area (Å²) in [5.74, 6) is 0.747. The summed E-state index contributed by atoms with van der Waals surface area (Å²) in [5, 5.41) is 13.9. The Labute approximate surface area is 110 Å². The van der Waals surface area contributed by atoms with Crippen LogP contribution in [0.3, 0.4) is 0 Å². The summed E-state index contributed by atoms with van der Waals surface area (Å²) in [4.78, 5) is 0. The molecule has 2 N–H and O–H groups in total. The van der Waals surface area contributed by atoms with Crippen LogP contribution < -0.4 is 10.1 Å². The number of aliphatic hydroxyl groups is 1. The van der Waals surface area contributed by atoms with E-state index in [-0.39, 0.29) is 6.04 Å². The summed E-state index contributed by atoms with van der Waals surface area (Å²) in [5.41, 5.74) is 1.99. The summed E-state index contributed by atoms with van der Waals surface area (Å²) in [6.45, 7) is 8.27. The Balaban J connectivity index is 2.99. The molecule has 1 rings (SSSR count).